The highest BCUT2D eigenvalue weighted by Crippen LogP contribution is 2.18. The first-order valence-corrected chi connectivity index (χ1v) is 13.5. The van der Waals surface area contributed by atoms with Gasteiger partial charge in [0.1, 0.15) is 0 Å². The number of carbonyl (C=O) groups excluding carboxylic acids is 3. The minimum atomic E-state index is -4.79. The summed E-state index contributed by atoms with van der Waals surface area (Å²) in [4.78, 5) is 44.9. The Morgan fingerprint density at radius 1 is 0.632 bits per heavy atom. The summed E-state index contributed by atoms with van der Waals surface area (Å²) >= 11 is 0. The largest absolute Gasteiger partial charge is 0.545 e. The van der Waals surface area contributed by atoms with Crippen LogP contribution in [0.1, 0.15) is 67.1 Å². The Bertz CT molecular complexity index is 1350. The van der Waals surface area contributed by atoms with Crippen molar-refractivity contribution >= 4 is 44.1 Å². The van der Waals surface area contributed by atoms with Crippen molar-refractivity contribution < 1.29 is 64.8 Å². The van der Waals surface area contributed by atoms with E-state index in [1.54, 1.807) is 0 Å². The highest BCUT2D eigenvalue weighted by atomic mass is 32.2. The zero-order valence-corrected chi connectivity index (χ0v) is 21.0. The molecule has 0 aromatic heterocycles. The Morgan fingerprint density at radius 2 is 1.00 bits per heavy atom. The van der Waals surface area contributed by atoms with Crippen LogP contribution in [-0.4, -0.2) is 68.1 Å². The van der Waals surface area contributed by atoms with Gasteiger partial charge < -0.3 is 24.5 Å². The van der Waals surface area contributed by atoms with Crippen molar-refractivity contribution in [3.8, 4) is 0 Å². The number of hydrogen-bond acceptors (Lipinski definition) is 11. The quantitative estimate of drug-likeness (QED) is 0.171. The lowest BCUT2D eigenvalue weighted by Crippen LogP contribution is -2.23. The molecule has 0 atom stereocenters. The molecule has 14 nitrogen and oxygen atoms in total. The maximum atomic E-state index is 12.2. The molecule has 16 heteroatoms. The van der Waals surface area contributed by atoms with E-state index in [2.05, 4.69) is 0 Å². The number of carbonyl (C=O) groups is 4. The molecule has 2 rings (SSSR count). The van der Waals surface area contributed by atoms with Gasteiger partial charge in [-0.05, 0) is 67.6 Å². The monoisotopic (exact) mass is 573 g/mol. The lowest BCUT2D eigenvalue weighted by atomic mass is 10.1. The fourth-order valence-electron chi connectivity index (χ4n) is 3.03. The molecular weight excluding hydrogens is 552 g/mol. The van der Waals surface area contributed by atoms with Gasteiger partial charge in [-0.1, -0.05) is 0 Å². The van der Waals surface area contributed by atoms with Crippen molar-refractivity contribution in [1.82, 2.24) is 0 Å². The molecule has 2 aromatic rings. The number of aromatic carboxylic acids is 2. The predicted molar refractivity (Wildman–Crippen MR) is 123 cm³/mol. The molecule has 0 aliphatic carbocycles. The van der Waals surface area contributed by atoms with Crippen LogP contribution < -0.4 is 5.11 Å². The van der Waals surface area contributed by atoms with Crippen LogP contribution >= 0.6 is 0 Å². The molecule has 38 heavy (non-hydrogen) atoms. The first-order chi connectivity index (χ1) is 17.6. The van der Waals surface area contributed by atoms with Crippen LogP contribution in [0.25, 0.3) is 0 Å². The van der Waals surface area contributed by atoms with Crippen molar-refractivity contribution in [1.29, 1.82) is 0 Å². The van der Waals surface area contributed by atoms with E-state index in [1.165, 1.54) is 0 Å². The van der Waals surface area contributed by atoms with E-state index in [0.29, 0.717) is 37.8 Å². The van der Waals surface area contributed by atoms with E-state index in [0.717, 1.165) is 24.3 Å². The number of rotatable bonds is 13. The third kappa shape index (κ3) is 8.91. The second-order valence-electron chi connectivity index (χ2n) is 7.72. The van der Waals surface area contributed by atoms with Gasteiger partial charge in [-0.3, -0.25) is 9.11 Å². The number of carboxylic acid groups (broad SMARTS) is 2. The van der Waals surface area contributed by atoms with Crippen molar-refractivity contribution in [3.05, 3.63) is 58.7 Å². The van der Waals surface area contributed by atoms with Crippen molar-refractivity contribution in [2.75, 3.05) is 13.2 Å². The molecule has 0 saturated carbocycles. The van der Waals surface area contributed by atoms with Crippen LogP contribution in [0, 0.1) is 0 Å². The van der Waals surface area contributed by atoms with Crippen LogP contribution in [-0.2, 0) is 29.7 Å². The van der Waals surface area contributed by atoms with Gasteiger partial charge in [0, 0.05) is 0 Å². The van der Waals surface area contributed by atoms with Gasteiger partial charge >= 0.3 is 17.9 Å². The van der Waals surface area contributed by atoms with E-state index in [9.17, 15) is 41.1 Å². The molecular formula is C22H21O14S2-. The topological polar surface area (TPSA) is 239 Å². The molecule has 206 valence electrons. The molecule has 0 aliphatic heterocycles. The Kier molecular flexibility index (Phi) is 10.1. The molecule has 0 unspecified atom stereocenters. The molecule has 0 bridgehead atoms. The highest BCUT2D eigenvalue weighted by Gasteiger charge is 2.19. The summed E-state index contributed by atoms with van der Waals surface area (Å²) in [5.41, 5.74) is -1.99. The first kappa shape index (κ1) is 30.4. The molecule has 0 aliphatic rings. The van der Waals surface area contributed by atoms with Crippen molar-refractivity contribution in [2.45, 2.75) is 35.5 Å². The van der Waals surface area contributed by atoms with E-state index >= 15 is 0 Å². The van der Waals surface area contributed by atoms with E-state index in [4.69, 9.17) is 23.7 Å². The molecule has 0 heterocycles. The number of ether oxygens (including phenoxy) is 2. The molecule has 0 amide bonds. The molecule has 0 spiro atoms. The summed E-state index contributed by atoms with van der Waals surface area (Å²) < 4.78 is 73.4. The average molecular weight is 574 g/mol. The van der Waals surface area contributed by atoms with Gasteiger partial charge in [-0.2, -0.15) is 16.8 Å². The van der Waals surface area contributed by atoms with Crippen LogP contribution in [0.3, 0.4) is 0 Å². The summed E-state index contributed by atoms with van der Waals surface area (Å²) in [6, 6.07) is 4.59. The normalized spacial score (nSPS) is 11.5. The Morgan fingerprint density at radius 3 is 1.37 bits per heavy atom. The van der Waals surface area contributed by atoms with Crippen LogP contribution in [0.4, 0.5) is 0 Å². The maximum absolute atomic E-state index is 12.2. The SMILES string of the molecule is O=C([O-])c1cc(C(=O)OCCCCCCOC(=O)c2cc(C(=O)O)cc(S(=O)(=O)O)c2)cc(S(=O)(=O)O)c1. The summed E-state index contributed by atoms with van der Waals surface area (Å²) in [6.45, 7) is -0.221. The number of hydrogen-bond donors (Lipinski definition) is 3. The van der Waals surface area contributed by atoms with Crippen LogP contribution in [0.15, 0.2) is 46.2 Å². The summed E-state index contributed by atoms with van der Waals surface area (Å²) in [5.74, 6) is -5.32. The fourth-order valence-corrected chi connectivity index (χ4v) is 4.13. The lowest BCUT2D eigenvalue weighted by molar-refractivity contribution is -0.255. The van der Waals surface area contributed by atoms with Crippen LogP contribution in [0.2, 0.25) is 0 Å². The summed E-state index contributed by atoms with van der Waals surface area (Å²) in [6.07, 6.45) is 1.66. The number of esters is 2. The van der Waals surface area contributed by atoms with Gasteiger partial charge in [-0.25, -0.2) is 14.4 Å². The third-order valence-electron chi connectivity index (χ3n) is 4.87. The van der Waals surface area contributed by atoms with Crippen molar-refractivity contribution in [2.24, 2.45) is 0 Å². The smallest absolute Gasteiger partial charge is 0.338 e. The standard InChI is InChI=1S/C22H22O14S2/c23-19(24)13-7-15(11-17(9-13)37(29,30)31)21(27)35-5-3-1-2-4-6-36-22(28)16-8-14(20(25)26)10-18(12-16)38(32,33)34/h7-12H,1-6H2,(H,23,24)(H,25,26)(H,29,30,31)(H,32,33,34)/p-1. The Balaban J connectivity index is 1.81. The molecule has 0 saturated heterocycles. The van der Waals surface area contributed by atoms with Crippen molar-refractivity contribution in [3.63, 3.8) is 0 Å². The van der Waals surface area contributed by atoms with Gasteiger partial charge in [0.05, 0.1) is 45.7 Å². The fraction of sp³-hybridized carbons (Fsp3) is 0.273. The van der Waals surface area contributed by atoms with Gasteiger partial charge in [-0.15, -0.1) is 0 Å². The Labute approximate surface area is 216 Å². The van der Waals surface area contributed by atoms with Gasteiger partial charge in [0.25, 0.3) is 20.2 Å². The lowest BCUT2D eigenvalue weighted by Gasteiger charge is -2.10. The molecule has 2 aromatic carbocycles. The van der Waals surface area contributed by atoms with E-state index in [1.807, 2.05) is 0 Å². The zero-order chi connectivity index (χ0) is 28.7. The predicted octanol–water partition coefficient (Wildman–Crippen LogP) is 0.816. The van der Waals surface area contributed by atoms with E-state index < -0.39 is 70.6 Å². The molecule has 0 fully saturated rings. The minimum absolute atomic E-state index is 0.106. The second kappa shape index (κ2) is 12.6. The number of carboxylic acids is 2. The minimum Gasteiger partial charge on any atom is -0.545 e. The zero-order valence-electron chi connectivity index (χ0n) is 19.4. The van der Waals surface area contributed by atoms with E-state index in [-0.39, 0.29) is 18.8 Å². The summed E-state index contributed by atoms with van der Waals surface area (Å²) in [7, 11) is -9.56. The second-order valence-corrected chi connectivity index (χ2v) is 10.6. The number of benzene rings is 2. The Hall–Kier alpha value is -3.86. The third-order valence-corrected chi connectivity index (χ3v) is 6.53. The average Bonchev–Trinajstić information content (AvgIpc) is 2.83. The molecule has 0 radical (unpaired) electrons. The maximum Gasteiger partial charge on any atom is 0.338 e. The van der Waals surface area contributed by atoms with Crippen LogP contribution in [0.5, 0.6) is 0 Å². The molecule has 3 N–H and O–H groups in total. The van der Waals surface area contributed by atoms with Gasteiger partial charge in [0.2, 0.25) is 0 Å². The summed E-state index contributed by atoms with van der Waals surface area (Å²) in [5, 5.41) is 20.1. The number of unbranched alkanes of at least 4 members (excludes halogenated alkanes) is 3. The highest BCUT2D eigenvalue weighted by molar-refractivity contribution is 7.86. The first-order valence-electron chi connectivity index (χ1n) is 10.6. The van der Waals surface area contributed by atoms with Gasteiger partial charge in [0.15, 0.2) is 0 Å².